The van der Waals surface area contributed by atoms with Crippen LogP contribution in [0.25, 0.3) is 6.08 Å². The van der Waals surface area contributed by atoms with Crippen molar-refractivity contribution in [2.45, 2.75) is 39.0 Å². The Balaban J connectivity index is 1.31. The van der Waals surface area contributed by atoms with Crippen molar-refractivity contribution in [1.82, 2.24) is 9.80 Å². The first-order valence-corrected chi connectivity index (χ1v) is 12.5. The van der Waals surface area contributed by atoms with E-state index in [-0.39, 0.29) is 35.0 Å². The molecule has 6 nitrogen and oxygen atoms in total. The van der Waals surface area contributed by atoms with Gasteiger partial charge >= 0.3 is 6.36 Å². The highest BCUT2D eigenvalue weighted by atomic mass is 19.4. The standard InChI is InChI=1S/C28H31F3N2O4/c1-2-36-23-9-5-3-7-21(23)11-12-25(34)32-16-13-27(14-17-32)15-18-33(20-27)26(35)19-22-8-4-6-10-24(22)37-28(29,30)31/h3-12H,2,13-20H2,1H3/b12-11+. The Labute approximate surface area is 214 Å². The van der Waals surface area contributed by atoms with E-state index < -0.39 is 6.36 Å². The zero-order chi connectivity index (χ0) is 26.5. The molecule has 2 aliphatic heterocycles. The van der Waals surface area contributed by atoms with Crippen LogP contribution in [0.1, 0.15) is 37.3 Å². The maximum atomic E-state index is 12.9. The number of hydrogen-bond donors (Lipinski definition) is 0. The van der Waals surface area contributed by atoms with Crippen LogP contribution in [-0.4, -0.2) is 60.8 Å². The smallest absolute Gasteiger partial charge is 0.493 e. The summed E-state index contributed by atoms with van der Waals surface area (Å²) in [7, 11) is 0. The lowest BCUT2D eigenvalue weighted by molar-refractivity contribution is -0.274. The summed E-state index contributed by atoms with van der Waals surface area (Å²) in [6.07, 6.45) is 0.748. The fourth-order valence-electron chi connectivity index (χ4n) is 5.08. The molecule has 0 N–H and O–H groups in total. The van der Waals surface area contributed by atoms with Gasteiger partial charge < -0.3 is 19.3 Å². The SMILES string of the molecule is CCOc1ccccc1/C=C/C(=O)N1CCC2(CC1)CCN(C(=O)Cc1ccccc1OC(F)(F)F)C2. The summed E-state index contributed by atoms with van der Waals surface area (Å²) in [5.41, 5.74) is 0.988. The first-order chi connectivity index (χ1) is 17.7. The summed E-state index contributed by atoms with van der Waals surface area (Å²) in [4.78, 5) is 29.3. The normalized spacial score (nSPS) is 17.4. The molecular formula is C28H31F3N2O4. The first-order valence-electron chi connectivity index (χ1n) is 12.5. The highest BCUT2D eigenvalue weighted by Crippen LogP contribution is 2.41. The lowest BCUT2D eigenvalue weighted by Gasteiger charge is -2.39. The molecule has 2 heterocycles. The van der Waals surface area contributed by atoms with Crippen molar-refractivity contribution in [3.05, 3.63) is 65.7 Å². The van der Waals surface area contributed by atoms with Crippen molar-refractivity contribution < 1.29 is 32.2 Å². The van der Waals surface area contributed by atoms with Gasteiger partial charge in [0.2, 0.25) is 11.8 Å². The molecule has 2 aromatic rings. The van der Waals surface area contributed by atoms with E-state index in [9.17, 15) is 22.8 Å². The number of para-hydroxylation sites is 2. The van der Waals surface area contributed by atoms with Crippen molar-refractivity contribution in [3.8, 4) is 11.5 Å². The summed E-state index contributed by atoms with van der Waals surface area (Å²) in [6, 6.07) is 13.3. The van der Waals surface area contributed by atoms with E-state index in [0.29, 0.717) is 32.8 Å². The van der Waals surface area contributed by atoms with Gasteiger partial charge in [0.05, 0.1) is 13.0 Å². The molecule has 2 amide bonds. The molecule has 2 aliphatic rings. The minimum absolute atomic E-state index is 0.0617. The van der Waals surface area contributed by atoms with Crippen molar-refractivity contribution in [3.63, 3.8) is 0 Å². The summed E-state index contributed by atoms with van der Waals surface area (Å²) >= 11 is 0. The van der Waals surface area contributed by atoms with Gasteiger partial charge in [0.25, 0.3) is 0 Å². The van der Waals surface area contributed by atoms with Crippen LogP contribution >= 0.6 is 0 Å². The fraction of sp³-hybridized carbons (Fsp3) is 0.429. The van der Waals surface area contributed by atoms with E-state index in [0.717, 1.165) is 30.6 Å². The largest absolute Gasteiger partial charge is 0.573 e. The molecule has 2 fully saturated rings. The monoisotopic (exact) mass is 516 g/mol. The second kappa shape index (κ2) is 11.3. The Morgan fingerprint density at radius 3 is 2.24 bits per heavy atom. The Bertz CT molecular complexity index is 1140. The molecule has 0 atom stereocenters. The van der Waals surface area contributed by atoms with Crippen LogP contribution in [0.3, 0.4) is 0 Å². The van der Waals surface area contributed by atoms with E-state index >= 15 is 0 Å². The van der Waals surface area contributed by atoms with Crippen molar-refractivity contribution >= 4 is 17.9 Å². The van der Waals surface area contributed by atoms with Gasteiger partial charge in [-0.15, -0.1) is 13.2 Å². The average Bonchev–Trinajstić information content (AvgIpc) is 3.28. The molecule has 0 saturated carbocycles. The number of hydrogen-bond acceptors (Lipinski definition) is 4. The maximum Gasteiger partial charge on any atom is 0.573 e. The van der Waals surface area contributed by atoms with Crippen molar-refractivity contribution in [2.75, 3.05) is 32.8 Å². The lowest BCUT2D eigenvalue weighted by Crippen LogP contribution is -2.44. The Hall–Kier alpha value is -3.49. The number of likely N-dealkylation sites (tertiary alicyclic amines) is 2. The summed E-state index contributed by atoms with van der Waals surface area (Å²) in [5.74, 6) is 0.105. The van der Waals surface area contributed by atoms with Crippen LogP contribution in [-0.2, 0) is 16.0 Å². The topological polar surface area (TPSA) is 59.1 Å². The Morgan fingerprint density at radius 1 is 0.946 bits per heavy atom. The average molecular weight is 517 g/mol. The van der Waals surface area contributed by atoms with E-state index in [1.807, 2.05) is 36.1 Å². The van der Waals surface area contributed by atoms with Crippen LogP contribution in [0.5, 0.6) is 11.5 Å². The van der Waals surface area contributed by atoms with Gasteiger partial charge in [-0.1, -0.05) is 36.4 Å². The van der Waals surface area contributed by atoms with Gasteiger partial charge in [-0.3, -0.25) is 9.59 Å². The third-order valence-corrected chi connectivity index (χ3v) is 7.09. The molecule has 0 bridgehead atoms. The molecule has 37 heavy (non-hydrogen) atoms. The Morgan fingerprint density at radius 2 is 1.57 bits per heavy atom. The number of piperidine rings is 1. The molecule has 0 aromatic heterocycles. The predicted octanol–water partition coefficient (Wildman–Crippen LogP) is 5.08. The molecule has 198 valence electrons. The van der Waals surface area contributed by atoms with Gasteiger partial charge in [-0.2, -0.15) is 0 Å². The molecular weight excluding hydrogens is 485 g/mol. The van der Waals surface area contributed by atoms with Crippen molar-refractivity contribution in [1.29, 1.82) is 0 Å². The highest BCUT2D eigenvalue weighted by Gasteiger charge is 2.42. The van der Waals surface area contributed by atoms with Gasteiger partial charge in [-0.05, 0) is 49.8 Å². The van der Waals surface area contributed by atoms with Crippen LogP contribution in [0, 0.1) is 5.41 Å². The minimum atomic E-state index is -4.82. The third-order valence-electron chi connectivity index (χ3n) is 7.09. The zero-order valence-electron chi connectivity index (χ0n) is 20.8. The second-order valence-electron chi connectivity index (χ2n) is 9.53. The Kier molecular flexibility index (Phi) is 8.10. The molecule has 2 saturated heterocycles. The number of benzene rings is 2. The molecule has 4 rings (SSSR count). The number of carbonyl (C=O) groups excluding carboxylic acids is 2. The number of nitrogens with zero attached hydrogens (tertiary/aromatic N) is 2. The van der Waals surface area contributed by atoms with E-state index in [1.165, 1.54) is 18.2 Å². The number of ether oxygens (including phenoxy) is 2. The zero-order valence-corrected chi connectivity index (χ0v) is 20.8. The predicted molar refractivity (Wildman–Crippen MR) is 133 cm³/mol. The molecule has 2 aromatic carbocycles. The first kappa shape index (κ1) is 26.6. The fourth-order valence-corrected chi connectivity index (χ4v) is 5.08. The quantitative estimate of drug-likeness (QED) is 0.482. The molecule has 0 aliphatic carbocycles. The summed E-state index contributed by atoms with van der Waals surface area (Å²) < 4.78 is 47.8. The third kappa shape index (κ3) is 6.84. The summed E-state index contributed by atoms with van der Waals surface area (Å²) in [6.45, 7) is 4.76. The molecule has 0 radical (unpaired) electrons. The minimum Gasteiger partial charge on any atom is -0.493 e. The molecule has 9 heteroatoms. The number of amides is 2. The van der Waals surface area contributed by atoms with Crippen LogP contribution in [0.2, 0.25) is 0 Å². The number of alkyl halides is 3. The van der Waals surface area contributed by atoms with Crippen LogP contribution in [0.4, 0.5) is 13.2 Å². The number of halogens is 3. The van der Waals surface area contributed by atoms with Crippen LogP contribution < -0.4 is 9.47 Å². The van der Waals surface area contributed by atoms with Gasteiger partial charge in [0, 0.05) is 43.4 Å². The van der Waals surface area contributed by atoms with E-state index in [2.05, 4.69) is 4.74 Å². The van der Waals surface area contributed by atoms with E-state index in [1.54, 1.807) is 23.1 Å². The van der Waals surface area contributed by atoms with Gasteiger partial charge in [-0.25, -0.2) is 0 Å². The second-order valence-corrected chi connectivity index (χ2v) is 9.53. The lowest BCUT2D eigenvalue weighted by atomic mass is 9.78. The number of rotatable bonds is 7. The number of carbonyl (C=O) groups is 2. The molecule has 1 spiro atoms. The van der Waals surface area contributed by atoms with Gasteiger partial charge in [0.15, 0.2) is 0 Å². The van der Waals surface area contributed by atoms with Gasteiger partial charge in [0.1, 0.15) is 11.5 Å². The summed E-state index contributed by atoms with van der Waals surface area (Å²) in [5, 5.41) is 0. The van der Waals surface area contributed by atoms with E-state index in [4.69, 9.17) is 4.74 Å². The maximum absolute atomic E-state index is 12.9. The molecule has 0 unspecified atom stereocenters. The van der Waals surface area contributed by atoms with Crippen LogP contribution in [0.15, 0.2) is 54.6 Å². The van der Waals surface area contributed by atoms with Crippen molar-refractivity contribution in [2.24, 2.45) is 5.41 Å². The highest BCUT2D eigenvalue weighted by molar-refractivity contribution is 5.92.